The van der Waals surface area contributed by atoms with E-state index in [2.05, 4.69) is 10.3 Å². The smallest absolute Gasteiger partial charge is 0.419 e. The Hall–Kier alpha value is -1.83. The van der Waals surface area contributed by atoms with Gasteiger partial charge in [-0.15, -0.1) is 0 Å². The first kappa shape index (κ1) is 16.5. The van der Waals surface area contributed by atoms with Gasteiger partial charge in [-0.2, -0.15) is 13.2 Å². The van der Waals surface area contributed by atoms with Crippen LogP contribution in [0, 0.1) is 11.8 Å². The van der Waals surface area contributed by atoms with Crippen molar-refractivity contribution in [2.75, 3.05) is 25.1 Å². The molecule has 0 bridgehead atoms. The van der Waals surface area contributed by atoms with E-state index in [4.69, 9.17) is 4.74 Å². The number of hydrogen-bond acceptors (Lipinski definition) is 4. The molecule has 8 heteroatoms. The van der Waals surface area contributed by atoms with Crippen molar-refractivity contribution < 1.29 is 27.8 Å². The summed E-state index contributed by atoms with van der Waals surface area (Å²) in [7, 11) is 0. The predicted octanol–water partition coefficient (Wildman–Crippen LogP) is 2.64. The topological polar surface area (TPSA) is 71.5 Å². The number of nitrogens with zero attached hydrogens (tertiary/aromatic N) is 1. The number of anilines is 1. The Balaban J connectivity index is 2.08. The lowest BCUT2D eigenvalue weighted by Gasteiger charge is -2.28. The first-order valence-electron chi connectivity index (χ1n) is 6.96. The van der Waals surface area contributed by atoms with E-state index in [-0.39, 0.29) is 18.3 Å². The maximum Gasteiger partial charge on any atom is 0.419 e. The first-order chi connectivity index (χ1) is 10.4. The summed E-state index contributed by atoms with van der Waals surface area (Å²) in [6, 6.07) is 2.11. The summed E-state index contributed by atoms with van der Waals surface area (Å²) in [5.74, 6) is -2.25. The van der Waals surface area contributed by atoms with Gasteiger partial charge in [-0.1, -0.05) is 0 Å². The van der Waals surface area contributed by atoms with Crippen LogP contribution < -0.4 is 5.32 Å². The van der Waals surface area contributed by atoms with Gasteiger partial charge < -0.3 is 15.2 Å². The molecule has 1 aromatic heterocycles. The number of nitrogens with one attached hydrogen (secondary N) is 1. The number of carboxylic acid groups (broad SMARTS) is 1. The summed E-state index contributed by atoms with van der Waals surface area (Å²) in [6.45, 7) is 0.859. The zero-order valence-corrected chi connectivity index (χ0v) is 11.8. The third-order valence-electron chi connectivity index (χ3n) is 3.75. The molecule has 1 aromatic rings. The molecule has 5 nitrogen and oxygen atoms in total. The van der Waals surface area contributed by atoms with E-state index in [0.29, 0.717) is 26.1 Å². The molecule has 0 saturated carbocycles. The Bertz CT molecular complexity index is 516. The molecule has 2 heterocycles. The molecule has 1 fully saturated rings. The fourth-order valence-electron chi connectivity index (χ4n) is 2.56. The van der Waals surface area contributed by atoms with E-state index in [1.165, 1.54) is 12.3 Å². The zero-order valence-electron chi connectivity index (χ0n) is 11.8. The molecule has 1 aliphatic heterocycles. The molecule has 0 radical (unpaired) electrons. The number of pyridine rings is 1. The normalized spacial score (nSPS) is 18.0. The van der Waals surface area contributed by atoms with Crippen molar-refractivity contribution in [2.24, 2.45) is 11.8 Å². The molecule has 22 heavy (non-hydrogen) atoms. The van der Waals surface area contributed by atoms with Crippen LogP contribution in [0.5, 0.6) is 0 Å². The summed E-state index contributed by atoms with van der Waals surface area (Å²) in [4.78, 5) is 15.1. The van der Waals surface area contributed by atoms with Crippen molar-refractivity contribution >= 4 is 11.8 Å². The van der Waals surface area contributed by atoms with Gasteiger partial charge in [-0.25, -0.2) is 4.98 Å². The maximum absolute atomic E-state index is 12.9. The van der Waals surface area contributed by atoms with E-state index in [0.717, 1.165) is 6.07 Å². The molecule has 0 amide bonds. The van der Waals surface area contributed by atoms with Crippen LogP contribution in [0.15, 0.2) is 18.3 Å². The lowest BCUT2D eigenvalue weighted by Crippen LogP contribution is -2.34. The molecule has 0 aliphatic carbocycles. The van der Waals surface area contributed by atoms with E-state index in [1.54, 1.807) is 0 Å². The number of rotatable bonds is 5. The van der Waals surface area contributed by atoms with Gasteiger partial charge in [0.2, 0.25) is 0 Å². The minimum Gasteiger partial charge on any atom is -0.481 e. The van der Waals surface area contributed by atoms with E-state index < -0.39 is 23.6 Å². The highest BCUT2D eigenvalue weighted by Gasteiger charge is 2.35. The van der Waals surface area contributed by atoms with Crippen molar-refractivity contribution in [3.05, 3.63) is 23.9 Å². The maximum atomic E-state index is 12.9. The number of aromatic nitrogens is 1. The molecule has 0 aromatic carbocycles. The fourth-order valence-corrected chi connectivity index (χ4v) is 2.56. The lowest BCUT2D eigenvalue weighted by atomic mass is 9.86. The summed E-state index contributed by atoms with van der Waals surface area (Å²) in [6.07, 6.45) is -2.12. The molecule has 1 unspecified atom stereocenters. The van der Waals surface area contributed by atoms with Crippen LogP contribution >= 0.6 is 0 Å². The molecule has 1 aliphatic rings. The fraction of sp³-hybridized carbons (Fsp3) is 0.571. The summed E-state index contributed by atoms with van der Waals surface area (Å²) in [5.41, 5.74) is -0.897. The average Bonchev–Trinajstić information content (AvgIpc) is 2.47. The van der Waals surface area contributed by atoms with E-state index >= 15 is 0 Å². The molecule has 122 valence electrons. The van der Waals surface area contributed by atoms with Crippen LogP contribution in [-0.4, -0.2) is 35.8 Å². The average molecular weight is 318 g/mol. The highest BCUT2D eigenvalue weighted by molar-refractivity contribution is 5.71. The summed E-state index contributed by atoms with van der Waals surface area (Å²) < 4.78 is 43.8. The Labute approximate surface area is 125 Å². The molecular formula is C14H17F3N2O3. The quantitative estimate of drug-likeness (QED) is 0.873. The van der Waals surface area contributed by atoms with E-state index in [1.807, 2.05) is 0 Å². The molecule has 2 rings (SSSR count). The third-order valence-corrected chi connectivity index (χ3v) is 3.75. The molecule has 0 spiro atoms. The van der Waals surface area contributed by atoms with Crippen LogP contribution in [0.3, 0.4) is 0 Å². The van der Waals surface area contributed by atoms with Gasteiger partial charge in [0.15, 0.2) is 0 Å². The van der Waals surface area contributed by atoms with Gasteiger partial charge in [-0.3, -0.25) is 4.79 Å². The Kier molecular flexibility index (Phi) is 5.23. The standard InChI is InChI=1S/C14H17F3N2O3/c15-14(16,17)11-2-1-5-18-12(11)19-8-10(13(20)21)9-3-6-22-7-4-9/h1-2,5,9-10H,3-4,6-8H2,(H,18,19)(H,20,21). The van der Waals surface area contributed by atoms with Gasteiger partial charge in [0, 0.05) is 26.0 Å². The zero-order chi connectivity index (χ0) is 16.2. The van der Waals surface area contributed by atoms with Crippen molar-refractivity contribution in [1.29, 1.82) is 0 Å². The molecular weight excluding hydrogens is 301 g/mol. The number of halogens is 3. The highest BCUT2D eigenvalue weighted by Crippen LogP contribution is 2.34. The van der Waals surface area contributed by atoms with Crippen LogP contribution in [0.1, 0.15) is 18.4 Å². The number of hydrogen-bond donors (Lipinski definition) is 2. The highest BCUT2D eigenvalue weighted by atomic mass is 19.4. The number of ether oxygens (including phenoxy) is 1. The second-order valence-corrected chi connectivity index (χ2v) is 5.17. The summed E-state index contributed by atoms with van der Waals surface area (Å²) in [5, 5.41) is 11.9. The SMILES string of the molecule is O=C(O)C(CNc1ncccc1C(F)(F)F)C1CCOCC1. The minimum absolute atomic E-state index is 0.0971. The van der Waals surface area contributed by atoms with Crippen LogP contribution in [0.4, 0.5) is 19.0 Å². The molecule has 1 saturated heterocycles. The van der Waals surface area contributed by atoms with Crippen LogP contribution in [0.2, 0.25) is 0 Å². The first-order valence-corrected chi connectivity index (χ1v) is 6.96. The lowest BCUT2D eigenvalue weighted by molar-refractivity contribution is -0.144. The predicted molar refractivity (Wildman–Crippen MR) is 72.4 cm³/mol. The number of carboxylic acids is 1. The Morgan fingerprint density at radius 1 is 1.45 bits per heavy atom. The number of aliphatic carboxylic acids is 1. The second-order valence-electron chi connectivity index (χ2n) is 5.17. The van der Waals surface area contributed by atoms with Gasteiger partial charge in [0.25, 0.3) is 0 Å². The second kappa shape index (κ2) is 6.95. The summed E-state index contributed by atoms with van der Waals surface area (Å²) >= 11 is 0. The van der Waals surface area contributed by atoms with Gasteiger partial charge in [0.1, 0.15) is 5.82 Å². The van der Waals surface area contributed by atoms with Crippen molar-refractivity contribution in [3.8, 4) is 0 Å². The van der Waals surface area contributed by atoms with Gasteiger partial charge in [-0.05, 0) is 30.9 Å². The van der Waals surface area contributed by atoms with Gasteiger partial charge >= 0.3 is 12.1 Å². The van der Waals surface area contributed by atoms with Crippen molar-refractivity contribution in [2.45, 2.75) is 19.0 Å². The van der Waals surface area contributed by atoms with Gasteiger partial charge in [0.05, 0.1) is 11.5 Å². The largest absolute Gasteiger partial charge is 0.481 e. The van der Waals surface area contributed by atoms with Crippen LogP contribution in [-0.2, 0) is 15.7 Å². The van der Waals surface area contributed by atoms with Crippen LogP contribution in [0.25, 0.3) is 0 Å². The number of carbonyl (C=O) groups is 1. The monoisotopic (exact) mass is 318 g/mol. The van der Waals surface area contributed by atoms with E-state index in [9.17, 15) is 23.1 Å². The Morgan fingerprint density at radius 2 is 2.14 bits per heavy atom. The number of alkyl halides is 3. The Morgan fingerprint density at radius 3 is 2.73 bits per heavy atom. The van der Waals surface area contributed by atoms with Crippen molar-refractivity contribution in [3.63, 3.8) is 0 Å². The minimum atomic E-state index is -4.53. The van der Waals surface area contributed by atoms with Crippen molar-refractivity contribution in [1.82, 2.24) is 4.98 Å². The molecule has 2 N–H and O–H groups in total. The molecule has 1 atom stereocenters. The third kappa shape index (κ3) is 4.09.